The maximum atomic E-state index is 11.6. The summed E-state index contributed by atoms with van der Waals surface area (Å²) in [5.74, 6) is -0.312. The minimum absolute atomic E-state index is 0.000593. The van der Waals surface area contributed by atoms with E-state index in [4.69, 9.17) is 98.8 Å². The molecule has 0 amide bonds. The Morgan fingerprint density at radius 3 is 1.78 bits per heavy atom. The van der Waals surface area contributed by atoms with E-state index in [-0.39, 0.29) is 92.9 Å². The van der Waals surface area contributed by atoms with Gasteiger partial charge in [-0.15, -0.1) is 0 Å². The van der Waals surface area contributed by atoms with Crippen molar-refractivity contribution in [3.05, 3.63) is 100 Å². The average Bonchev–Trinajstić information content (AvgIpc) is 3.76. The number of imidazole rings is 1. The molecule has 3 nitrogen and oxygen atoms in total. The van der Waals surface area contributed by atoms with Crippen LogP contribution in [0, 0.1) is 5.11 Å². The van der Waals surface area contributed by atoms with E-state index in [1.54, 1.807) is 17.6 Å². The Balaban J connectivity index is 1.58. The van der Waals surface area contributed by atoms with Crippen molar-refractivity contribution in [1.29, 1.82) is 0 Å². The van der Waals surface area contributed by atoms with E-state index in [9.17, 15) is 5.11 Å². The van der Waals surface area contributed by atoms with Crippen LogP contribution in [0.3, 0.4) is 0 Å². The summed E-state index contributed by atoms with van der Waals surface area (Å²) in [5.41, 5.74) is 6.78. The molecule has 0 atom stereocenters. The van der Waals surface area contributed by atoms with E-state index in [1.807, 2.05) is 54.6 Å². The van der Waals surface area contributed by atoms with Crippen LogP contribution < -0.4 is 48.9 Å². The summed E-state index contributed by atoms with van der Waals surface area (Å²) in [6.07, 6.45) is 0. The SMILES string of the molecule is [B]/C(C)=C([B])/C([B])=c1/c(-n2c(-c3c([B])c([B])c([B])c([B])c3[B])nc3ccccc32)c2c([B])c(O)c([B])c([B])c2c(-c2ccc3c4c(cccc24)-c2ccccc2-3)c1=[B]. The van der Waals surface area contributed by atoms with Gasteiger partial charge in [-0.3, -0.25) is 0 Å². The number of nitrogens with zero attached hydrogens (tertiary/aromatic N) is 2. The Kier molecular flexibility index (Phi) is 9.00. The van der Waals surface area contributed by atoms with Crippen molar-refractivity contribution >= 4 is 176 Å². The normalized spacial score (nSPS) is 13.0. The van der Waals surface area contributed by atoms with Gasteiger partial charge in [-0.25, -0.2) is 0 Å². The van der Waals surface area contributed by atoms with Crippen LogP contribution >= 0.6 is 0 Å². The van der Waals surface area contributed by atoms with Crippen LogP contribution in [0.5, 0.6) is 5.75 Å². The zero-order valence-electron chi connectivity index (χ0n) is 31.3. The number of phenolic OH excluding ortho intramolecular Hbond substituents is 1. The zero-order chi connectivity index (χ0) is 41.2. The van der Waals surface area contributed by atoms with E-state index in [1.165, 1.54) is 0 Å². The summed E-state index contributed by atoms with van der Waals surface area (Å²) >= 11 is 0. The molecule has 0 spiro atoms. The molecular weight excluding hydrogens is 690 g/mol. The first kappa shape index (κ1) is 38.2. The fourth-order valence-electron chi connectivity index (χ4n) is 8.47. The summed E-state index contributed by atoms with van der Waals surface area (Å²) < 4.78 is 1.70. The third kappa shape index (κ3) is 5.17. The summed E-state index contributed by atoms with van der Waals surface area (Å²) in [6.45, 7) is 1.61. The molecule has 1 N–H and O–H groups in total. The Labute approximate surface area is 351 Å². The molecule has 8 aromatic rings. The topological polar surface area (TPSA) is 38.0 Å². The second-order valence-electron chi connectivity index (χ2n) is 14.5. The molecular formula is C43H17B12N2O. The van der Waals surface area contributed by atoms with E-state index < -0.39 is 5.75 Å². The number of hydrogen-bond donors (Lipinski definition) is 1. The number of phenols is 1. The van der Waals surface area contributed by atoms with E-state index in [0.29, 0.717) is 27.5 Å². The number of allylic oxidation sites excluding steroid dienone is 2. The molecule has 7 aromatic carbocycles. The number of aromatic hydroxyl groups is 1. The fourth-order valence-corrected chi connectivity index (χ4v) is 8.47. The van der Waals surface area contributed by atoms with E-state index >= 15 is 0 Å². The predicted molar refractivity (Wildman–Crippen MR) is 254 cm³/mol. The molecule has 23 radical (unpaired) electrons. The molecule has 241 valence electrons. The summed E-state index contributed by atoms with van der Waals surface area (Å²) in [7, 11) is 80.7. The molecule has 0 unspecified atom stereocenters. The van der Waals surface area contributed by atoms with Crippen molar-refractivity contribution < 1.29 is 5.11 Å². The third-order valence-electron chi connectivity index (χ3n) is 11.4. The summed E-state index contributed by atoms with van der Waals surface area (Å²) in [5, 5.41) is 14.4. The van der Waals surface area contributed by atoms with Gasteiger partial charge in [0, 0.05) is 0 Å². The van der Waals surface area contributed by atoms with Gasteiger partial charge in [0.1, 0.15) is 0 Å². The number of aromatic nitrogens is 2. The van der Waals surface area contributed by atoms with Gasteiger partial charge >= 0.3 is 353 Å². The van der Waals surface area contributed by atoms with Crippen LogP contribution in [0.15, 0.2) is 89.8 Å². The van der Waals surface area contributed by atoms with E-state index in [0.717, 1.165) is 33.0 Å². The first-order valence-electron chi connectivity index (χ1n) is 18.1. The van der Waals surface area contributed by atoms with Crippen molar-refractivity contribution in [1.82, 2.24) is 9.55 Å². The Bertz CT molecular complexity index is 3290. The van der Waals surface area contributed by atoms with Crippen LogP contribution in [-0.2, 0) is 0 Å². The molecule has 9 rings (SSSR count). The van der Waals surface area contributed by atoms with Gasteiger partial charge in [-0.05, 0) is 0 Å². The molecule has 0 bridgehead atoms. The van der Waals surface area contributed by atoms with Gasteiger partial charge in [-0.2, -0.15) is 0 Å². The summed E-state index contributed by atoms with van der Waals surface area (Å²) in [4.78, 5) is 5.00. The first-order chi connectivity index (χ1) is 27.7. The van der Waals surface area contributed by atoms with Gasteiger partial charge in [-0.1, -0.05) is 0 Å². The second kappa shape index (κ2) is 13.7. The van der Waals surface area contributed by atoms with Crippen molar-refractivity contribution in [2.75, 3.05) is 0 Å². The van der Waals surface area contributed by atoms with Crippen molar-refractivity contribution in [2.24, 2.45) is 0 Å². The van der Waals surface area contributed by atoms with Crippen LogP contribution in [-0.4, -0.2) is 108 Å². The molecule has 0 saturated carbocycles. The number of hydrogen-bond acceptors (Lipinski definition) is 2. The van der Waals surface area contributed by atoms with Gasteiger partial charge in [0.2, 0.25) is 0 Å². The standard InChI is InChI=1S/C43H17B12N2O/c1-15(44)30(45)33(48)28-31(46)25(21-14-13-20-17-8-3-2-7-16(17)18-9-6-10-19(21)24(18)20)26-27(36(51)42(58)40(55)32(26)47)41(28)57-23-12-5-4-11-22(23)56-43(57)29-34(49)37(52)39(54)38(53)35(29)50/h2-14,58H,1H3/b30-15-,33-28-. The number of rotatable bonds is 4. The van der Waals surface area contributed by atoms with Gasteiger partial charge in [0.05, 0.1) is 0 Å². The number of fused-ring (bicyclic) bond motifs is 5. The maximum absolute atomic E-state index is 11.6. The number of para-hydroxylation sites is 2. The Morgan fingerprint density at radius 1 is 0.552 bits per heavy atom. The molecule has 1 aromatic heterocycles. The van der Waals surface area contributed by atoms with Gasteiger partial charge in [0.15, 0.2) is 0 Å². The molecule has 0 saturated heterocycles. The molecule has 1 heterocycles. The third-order valence-corrected chi connectivity index (χ3v) is 11.4. The van der Waals surface area contributed by atoms with Crippen LogP contribution in [0.1, 0.15) is 6.92 Å². The zero-order valence-corrected chi connectivity index (χ0v) is 31.3. The fraction of sp³-hybridized carbons (Fsp3) is 0.0233. The first-order valence-corrected chi connectivity index (χ1v) is 18.1. The van der Waals surface area contributed by atoms with Crippen molar-refractivity contribution in [3.8, 4) is 56.2 Å². The quantitative estimate of drug-likeness (QED) is 0.230. The van der Waals surface area contributed by atoms with Gasteiger partial charge in [0.25, 0.3) is 0 Å². The minimum atomic E-state index is -0.466. The van der Waals surface area contributed by atoms with Gasteiger partial charge < -0.3 is 0 Å². The summed E-state index contributed by atoms with van der Waals surface area (Å²) in [6, 6.07) is 25.5. The van der Waals surface area contributed by atoms with E-state index in [2.05, 4.69) is 18.2 Å². The van der Waals surface area contributed by atoms with Crippen LogP contribution in [0.2, 0.25) is 0 Å². The van der Waals surface area contributed by atoms with Crippen LogP contribution in [0.25, 0.3) is 88.5 Å². The molecule has 0 aliphatic heterocycles. The van der Waals surface area contributed by atoms with Crippen molar-refractivity contribution in [2.45, 2.75) is 6.92 Å². The molecule has 58 heavy (non-hydrogen) atoms. The molecule has 0 fully saturated rings. The van der Waals surface area contributed by atoms with Crippen molar-refractivity contribution in [3.63, 3.8) is 0 Å². The molecule has 1 aliphatic carbocycles. The average molecular weight is 707 g/mol. The second-order valence-corrected chi connectivity index (χ2v) is 14.5. The van der Waals surface area contributed by atoms with Crippen LogP contribution in [0.4, 0.5) is 0 Å². The predicted octanol–water partition coefficient (Wildman–Crippen LogP) is -1.37. The molecule has 15 heteroatoms. The Hall–Kier alpha value is -5.28. The molecule has 1 aliphatic rings. The Morgan fingerprint density at radius 2 is 1.12 bits per heavy atom. The number of benzene rings is 7. The monoisotopic (exact) mass is 709 g/mol.